The Morgan fingerprint density at radius 3 is 2.75 bits per heavy atom. The number of nitrogens with zero attached hydrogens (tertiary/aromatic N) is 2. The molecule has 124 valence electrons. The van der Waals surface area contributed by atoms with Gasteiger partial charge in [-0.3, -0.25) is 4.79 Å². The highest BCUT2D eigenvalue weighted by molar-refractivity contribution is 6.34. The molecule has 1 aromatic carbocycles. The van der Waals surface area contributed by atoms with Crippen molar-refractivity contribution in [2.75, 3.05) is 19.0 Å². The van der Waals surface area contributed by atoms with Crippen LogP contribution in [0.5, 0.6) is 5.75 Å². The van der Waals surface area contributed by atoms with E-state index in [1.54, 1.807) is 24.3 Å². The van der Waals surface area contributed by atoms with Crippen molar-refractivity contribution < 1.29 is 14.6 Å². The fourth-order valence-corrected chi connectivity index (χ4v) is 2.42. The standard InChI is InChI=1S/C17H16ClN3O3/c1-24-17(23)13(8-11-2-4-14(22)5-3-11)10-21-16-15(18)12(9-19)6-7-20-16/h2-7,13,22H,8,10H2,1H3,(H,20,21)/t13-/m1/s1. The van der Waals surface area contributed by atoms with Gasteiger partial charge in [0.15, 0.2) is 0 Å². The summed E-state index contributed by atoms with van der Waals surface area (Å²) in [5.74, 6) is -0.336. The predicted octanol–water partition coefficient (Wildman–Crippen LogP) is 2.76. The molecule has 0 aliphatic carbocycles. The van der Waals surface area contributed by atoms with E-state index in [1.807, 2.05) is 6.07 Å². The van der Waals surface area contributed by atoms with Crippen LogP contribution < -0.4 is 5.32 Å². The minimum Gasteiger partial charge on any atom is -0.508 e. The van der Waals surface area contributed by atoms with Gasteiger partial charge in [0.1, 0.15) is 22.7 Å². The number of hydrogen-bond acceptors (Lipinski definition) is 6. The van der Waals surface area contributed by atoms with Crippen molar-refractivity contribution in [1.29, 1.82) is 5.26 Å². The molecule has 0 aliphatic heterocycles. The number of aromatic nitrogens is 1. The summed E-state index contributed by atoms with van der Waals surface area (Å²) < 4.78 is 4.84. The molecule has 6 nitrogen and oxygen atoms in total. The molecule has 0 fully saturated rings. The second-order valence-corrected chi connectivity index (χ2v) is 5.48. The molecule has 2 N–H and O–H groups in total. The molecule has 0 spiro atoms. The number of carbonyl (C=O) groups excluding carboxylic acids is 1. The SMILES string of the molecule is COC(=O)[C@@H](CNc1nccc(C#N)c1Cl)Cc1ccc(O)cc1. The molecule has 1 aromatic heterocycles. The van der Waals surface area contributed by atoms with Crippen molar-refractivity contribution in [2.24, 2.45) is 5.92 Å². The Morgan fingerprint density at radius 1 is 1.42 bits per heavy atom. The highest BCUT2D eigenvalue weighted by Gasteiger charge is 2.20. The van der Waals surface area contributed by atoms with Gasteiger partial charge in [-0.05, 0) is 30.2 Å². The van der Waals surface area contributed by atoms with Crippen molar-refractivity contribution in [3.8, 4) is 11.8 Å². The van der Waals surface area contributed by atoms with E-state index in [9.17, 15) is 9.90 Å². The number of phenolic OH excluding ortho intramolecular Hbond substituents is 1. The smallest absolute Gasteiger partial charge is 0.310 e. The largest absolute Gasteiger partial charge is 0.508 e. The molecule has 1 atom stereocenters. The Morgan fingerprint density at radius 2 is 2.12 bits per heavy atom. The summed E-state index contributed by atoms with van der Waals surface area (Å²) in [5.41, 5.74) is 1.19. The summed E-state index contributed by atoms with van der Waals surface area (Å²) in [6.07, 6.45) is 1.90. The number of halogens is 1. The number of phenols is 1. The van der Waals surface area contributed by atoms with Crippen LogP contribution >= 0.6 is 11.6 Å². The lowest BCUT2D eigenvalue weighted by atomic mass is 9.99. The van der Waals surface area contributed by atoms with E-state index in [0.29, 0.717) is 17.8 Å². The van der Waals surface area contributed by atoms with Crippen molar-refractivity contribution in [3.05, 3.63) is 52.7 Å². The number of ether oxygens (including phenoxy) is 1. The molecule has 0 radical (unpaired) electrons. The lowest BCUT2D eigenvalue weighted by molar-refractivity contribution is -0.144. The average Bonchev–Trinajstić information content (AvgIpc) is 2.60. The van der Waals surface area contributed by atoms with Crippen LogP contribution in [0.4, 0.5) is 5.82 Å². The van der Waals surface area contributed by atoms with Gasteiger partial charge in [0.25, 0.3) is 0 Å². The molecule has 0 saturated carbocycles. The zero-order valence-corrected chi connectivity index (χ0v) is 13.7. The average molecular weight is 346 g/mol. The highest BCUT2D eigenvalue weighted by atomic mass is 35.5. The second kappa shape index (κ2) is 8.18. The molecule has 0 amide bonds. The van der Waals surface area contributed by atoms with Crippen molar-refractivity contribution in [1.82, 2.24) is 4.98 Å². The van der Waals surface area contributed by atoms with Gasteiger partial charge in [0, 0.05) is 12.7 Å². The minimum absolute atomic E-state index is 0.163. The summed E-state index contributed by atoms with van der Waals surface area (Å²) in [5, 5.41) is 21.5. The number of nitriles is 1. The maximum absolute atomic E-state index is 12.0. The van der Waals surface area contributed by atoms with E-state index >= 15 is 0 Å². The minimum atomic E-state index is -0.469. The summed E-state index contributed by atoms with van der Waals surface area (Å²) in [7, 11) is 1.33. The Bertz CT molecular complexity index is 757. The fraction of sp³-hybridized carbons (Fsp3) is 0.235. The van der Waals surface area contributed by atoms with E-state index in [4.69, 9.17) is 21.6 Å². The van der Waals surface area contributed by atoms with E-state index < -0.39 is 5.92 Å². The number of nitrogens with one attached hydrogen (secondary N) is 1. The first-order chi connectivity index (χ1) is 11.5. The van der Waals surface area contributed by atoms with Crippen LogP contribution in [0.15, 0.2) is 36.5 Å². The van der Waals surface area contributed by atoms with Gasteiger partial charge in [-0.25, -0.2) is 4.98 Å². The maximum atomic E-state index is 12.0. The summed E-state index contributed by atoms with van der Waals surface area (Å²) in [6, 6.07) is 10.1. The zero-order valence-electron chi connectivity index (χ0n) is 13.0. The van der Waals surface area contributed by atoms with E-state index in [1.165, 1.54) is 19.4 Å². The molecule has 2 rings (SSSR count). The number of methoxy groups -OCH3 is 1. The quantitative estimate of drug-likeness (QED) is 0.782. The number of carbonyl (C=O) groups is 1. The number of hydrogen-bond donors (Lipinski definition) is 2. The van der Waals surface area contributed by atoms with E-state index in [0.717, 1.165) is 5.56 Å². The molecule has 0 aliphatic rings. The molecule has 0 saturated heterocycles. The van der Waals surface area contributed by atoms with Crippen LogP contribution in [-0.4, -0.2) is 29.7 Å². The topological polar surface area (TPSA) is 95.2 Å². The van der Waals surface area contributed by atoms with Gasteiger partial charge in [-0.2, -0.15) is 5.26 Å². The van der Waals surface area contributed by atoms with Crippen LogP contribution in [-0.2, 0) is 16.0 Å². The molecule has 1 heterocycles. The normalized spacial score (nSPS) is 11.4. The number of aromatic hydroxyl groups is 1. The van der Waals surface area contributed by atoms with Gasteiger partial charge in [-0.1, -0.05) is 23.7 Å². The highest BCUT2D eigenvalue weighted by Crippen LogP contribution is 2.23. The number of pyridine rings is 1. The van der Waals surface area contributed by atoms with Gasteiger partial charge in [0.05, 0.1) is 18.6 Å². The van der Waals surface area contributed by atoms with Gasteiger partial charge in [-0.15, -0.1) is 0 Å². The molecule has 0 bridgehead atoms. The fourth-order valence-electron chi connectivity index (χ4n) is 2.20. The third-order valence-electron chi connectivity index (χ3n) is 3.48. The number of esters is 1. The van der Waals surface area contributed by atoms with Crippen molar-refractivity contribution >= 4 is 23.4 Å². The summed E-state index contributed by atoms with van der Waals surface area (Å²) in [4.78, 5) is 16.1. The Hall–Kier alpha value is -2.78. The first-order valence-electron chi connectivity index (χ1n) is 7.19. The Balaban J connectivity index is 2.11. The monoisotopic (exact) mass is 345 g/mol. The maximum Gasteiger partial charge on any atom is 0.310 e. The summed E-state index contributed by atoms with van der Waals surface area (Å²) >= 11 is 6.09. The zero-order chi connectivity index (χ0) is 17.5. The molecule has 7 heteroatoms. The lowest BCUT2D eigenvalue weighted by Crippen LogP contribution is -2.27. The van der Waals surface area contributed by atoms with Crippen LogP contribution in [0.3, 0.4) is 0 Å². The van der Waals surface area contributed by atoms with Crippen LogP contribution in [0.25, 0.3) is 0 Å². The third kappa shape index (κ3) is 4.37. The third-order valence-corrected chi connectivity index (χ3v) is 3.86. The summed E-state index contributed by atoms with van der Waals surface area (Å²) in [6.45, 7) is 0.245. The predicted molar refractivity (Wildman–Crippen MR) is 89.8 cm³/mol. The van der Waals surface area contributed by atoms with Crippen molar-refractivity contribution in [3.63, 3.8) is 0 Å². The van der Waals surface area contributed by atoms with Gasteiger partial charge >= 0.3 is 5.97 Å². The van der Waals surface area contributed by atoms with Gasteiger partial charge in [0.2, 0.25) is 0 Å². The van der Waals surface area contributed by atoms with Crippen LogP contribution in [0.1, 0.15) is 11.1 Å². The lowest BCUT2D eigenvalue weighted by Gasteiger charge is -2.16. The second-order valence-electron chi connectivity index (χ2n) is 5.10. The molecular formula is C17H16ClN3O3. The molecule has 2 aromatic rings. The number of anilines is 1. The van der Waals surface area contributed by atoms with E-state index in [2.05, 4.69) is 10.3 Å². The van der Waals surface area contributed by atoms with Gasteiger partial charge < -0.3 is 15.2 Å². The molecular weight excluding hydrogens is 330 g/mol. The van der Waals surface area contributed by atoms with Crippen molar-refractivity contribution in [2.45, 2.75) is 6.42 Å². The molecule has 24 heavy (non-hydrogen) atoms. The molecule has 0 unspecified atom stereocenters. The Labute approximate surface area is 144 Å². The first kappa shape index (κ1) is 17.6. The number of benzene rings is 1. The van der Waals surface area contributed by atoms with E-state index in [-0.39, 0.29) is 23.3 Å². The van der Waals surface area contributed by atoms with Crippen LogP contribution in [0, 0.1) is 17.2 Å². The first-order valence-corrected chi connectivity index (χ1v) is 7.57. The van der Waals surface area contributed by atoms with Crippen LogP contribution in [0.2, 0.25) is 5.02 Å². The number of rotatable bonds is 6. The Kier molecular flexibility index (Phi) is 5.99.